The molecule has 1 rings (SSSR count). The van der Waals surface area contributed by atoms with E-state index < -0.39 is 5.82 Å². The Balaban J connectivity index is 2.61. The summed E-state index contributed by atoms with van der Waals surface area (Å²) in [5.74, 6) is 0.310. The van der Waals surface area contributed by atoms with Crippen LogP contribution in [0.15, 0.2) is 16.6 Å². The van der Waals surface area contributed by atoms with Crippen LogP contribution in [0.5, 0.6) is 5.75 Å². The Labute approximate surface area is 110 Å². The number of benzene rings is 1. The van der Waals surface area contributed by atoms with Crippen LogP contribution in [-0.4, -0.2) is 6.61 Å². The number of hydrogen-bond acceptors (Lipinski definition) is 2. The van der Waals surface area contributed by atoms with E-state index in [9.17, 15) is 4.39 Å². The van der Waals surface area contributed by atoms with E-state index in [2.05, 4.69) is 29.8 Å². The van der Waals surface area contributed by atoms with E-state index in [0.29, 0.717) is 12.5 Å². The zero-order valence-corrected chi connectivity index (χ0v) is 11.6. The highest BCUT2D eigenvalue weighted by Crippen LogP contribution is 2.28. The first-order valence-electron chi connectivity index (χ1n) is 5.57. The molecule has 4 heteroatoms. The molecular weight excluding hydrogens is 285 g/mol. The van der Waals surface area contributed by atoms with Gasteiger partial charge in [0, 0.05) is 0 Å². The minimum Gasteiger partial charge on any atom is -0.490 e. The van der Waals surface area contributed by atoms with E-state index in [1.165, 1.54) is 6.07 Å². The Kier molecular flexibility index (Phi) is 5.43. The third-order valence-corrected chi connectivity index (χ3v) is 3.13. The van der Waals surface area contributed by atoms with Gasteiger partial charge < -0.3 is 4.74 Å². The maximum atomic E-state index is 13.7. The molecule has 0 unspecified atom stereocenters. The lowest BCUT2D eigenvalue weighted by Crippen LogP contribution is -2.02. The first-order chi connectivity index (χ1) is 8.06. The van der Waals surface area contributed by atoms with Gasteiger partial charge >= 0.3 is 0 Å². The smallest absolute Gasteiger partial charge is 0.180 e. The summed E-state index contributed by atoms with van der Waals surface area (Å²) >= 11 is 3.05. The molecule has 0 saturated carbocycles. The molecule has 1 aromatic carbocycles. The summed E-state index contributed by atoms with van der Waals surface area (Å²) in [6.07, 6.45) is 1.95. The van der Waals surface area contributed by atoms with Gasteiger partial charge in [-0.15, -0.1) is 0 Å². The number of hydrogen-bond donors (Lipinski definition) is 0. The summed E-state index contributed by atoms with van der Waals surface area (Å²) in [6.45, 7) is 4.77. The van der Waals surface area contributed by atoms with Crippen LogP contribution < -0.4 is 4.74 Å². The van der Waals surface area contributed by atoms with Crippen molar-refractivity contribution >= 4 is 15.9 Å². The highest BCUT2D eigenvalue weighted by atomic mass is 79.9. The highest BCUT2D eigenvalue weighted by Gasteiger charge is 2.11. The lowest BCUT2D eigenvalue weighted by molar-refractivity contribution is 0.283. The summed E-state index contributed by atoms with van der Waals surface area (Å²) in [6, 6.07) is 4.94. The minimum absolute atomic E-state index is 0.168. The Bertz CT molecular complexity index is 426. The topological polar surface area (TPSA) is 33.0 Å². The van der Waals surface area contributed by atoms with Gasteiger partial charge in [-0.1, -0.05) is 13.8 Å². The van der Waals surface area contributed by atoms with Crippen molar-refractivity contribution < 1.29 is 9.13 Å². The van der Waals surface area contributed by atoms with E-state index in [4.69, 9.17) is 10.00 Å². The lowest BCUT2D eigenvalue weighted by Gasteiger charge is -2.09. The largest absolute Gasteiger partial charge is 0.490 e. The average Bonchev–Trinajstić information content (AvgIpc) is 2.29. The fourth-order valence-corrected chi connectivity index (χ4v) is 1.82. The molecule has 0 spiro atoms. The number of halogens is 2. The van der Waals surface area contributed by atoms with Gasteiger partial charge in [-0.05, 0) is 46.8 Å². The van der Waals surface area contributed by atoms with E-state index >= 15 is 0 Å². The number of nitrogens with zero attached hydrogens (tertiary/aromatic N) is 1. The highest BCUT2D eigenvalue weighted by molar-refractivity contribution is 9.10. The molecule has 0 amide bonds. The second-order valence-electron chi connectivity index (χ2n) is 4.24. The van der Waals surface area contributed by atoms with E-state index in [-0.39, 0.29) is 15.8 Å². The summed E-state index contributed by atoms with van der Waals surface area (Å²) in [4.78, 5) is 0. The molecule has 92 valence electrons. The first kappa shape index (κ1) is 14.0. The predicted octanol–water partition coefficient (Wildman–Crippen LogP) is 4.27. The van der Waals surface area contributed by atoms with Crippen molar-refractivity contribution in [3.63, 3.8) is 0 Å². The maximum absolute atomic E-state index is 13.7. The van der Waals surface area contributed by atoms with Gasteiger partial charge in [-0.3, -0.25) is 0 Å². The minimum atomic E-state index is -0.506. The second-order valence-corrected chi connectivity index (χ2v) is 5.03. The van der Waals surface area contributed by atoms with Crippen molar-refractivity contribution in [3.05, 3.63) is 28.0 Å². The van der Waals surface area contributed by atoms with Crippen LogP contribution in [-0.2, 0) is 0 Å². The molecule has 2 nitrogen and oxygen atoms in total. The first-order valence-corrected chi connectivity index (χ1v) is 6.36. The van der Waals surface area contributed by atoms with Crippen LogP contribution in [0.25, 0.3) is 0 Å². The molecule has 0 fully saturated rings. The van der Waals surface area contributed by atoms with Gasteiger partial charge in [0.05, 0.1) is 16.6 Å². The maximum Gasteiger partial charge on any atom is 0.180 e. The van der Waals surface area contributed by atoms with Crippen molar-refractivity contribution in [3.8, 4) is 11.8 Å². The van der Waals surface area contributed by atoms with E-state index in [1.54, 1.807) is 6.07 Å². The van der Waals surface area contributed by atoms with Gasteiger partial charge in [-0.25, -0.2) is 4.39 Å². The summed E-state index contributed by atoms with van der Waals surface area (Å²) < 4.78 is 19.2. The monoisotopic (exact) mass is 299 g/mol. The van der Waals surface area contributed by atoms with Gasteiger partial charge in [0.1, 0.15) is 6.07 Å². The van der Waals surface area contributed by atoms with E-state index in [1.807, 2.05) is 6.07 Å². The third kappa shape index (κ3) is 4.01. The summed E-state index contributed by atoms with van der Waals surface area (Å²) in [5, 5.41) is 8.72. The Hall–Kier alpha value is -1.08. The molecule has 17 heavy (non-hydrogen) atoms. The predicted molar refractivity (Wildman–Crippen MR) is 68.4 cm³/mol. The third-order valence-electron chi connectivity index (χ3n) is 2.35. The standard InChI is InChI=1S/C13H15BrFNO/c1-9(2)4-3-7-17-11-6-5-10(8-16)12(14)13(11)15/h5-6,9H,3-4,7H2,1-2H3. The molecule has 0 aliphatic heterocycles. The quantitative estimate of drug-likeness (QED) is 0.761. The van der Waals surface area contributed by atoms with Gasteiger partial charge in [0.15, 0.2) is 11.6 Å². The lowest BCUT2D eigenvalue weighted by atomic mass is 10.1. The molecule has 0 aliphatic rings. The van der Waals surface area contributed by atoms with Crippen molar-refractivity contribution in [1.82, 2.24) is 0 Å². The average molecular weight is 300 g/mol. The number of nitriles is 1. The van der Waals surface area contributed by atoms with Crippen LogP contribution in [0.4, 0.5) is 4.39 Å². The SMILES string of the molecule is CC(C)CCCOc1ccc(C#N)c(Br)c1F. The van der Waals surface area contributed by atoms with Crippen molar-refractivity contribution in [2.24, 2.45) is 5.92 Å². The molecule has 0 aromatic heterocycles. The van der Waals surface area contributed by atoms with Crippen molar-refractivity contribution in [1.29, 1.82) is 5.26 Å². The molecule has 0 N–H and O–H groups in total. The molecule has 0 heterocycles. The normalized spacial score (nSPS) is 10.4. The Morgan fingerprint density at radius 2 is 2.18 bits per heavy atom. The van der Waals surface area contributed by atoms with Crippen molar-refractivity contribution in [2.75, 3.05) is 6.61 Å². The molecule has 0 bridgehead atoms. The number of ether oxygens (including phenoxy) is 1. The summed E-state index contributed by atoms with van der Waals surface area (Å²) in [7, 11) is 0. The molecular formula is C13H15BrFNO. The molecule has 0 radical (unpaired) electrons. The van der Waals surface area contributed by atoms with Crippen LogP contribution in [0, 0.1) is 23.1 Å². The molecule has 0 saturated heterocycles. The fourth-order valence-electron chi connectivity index (χ4n) is 1.40. The van der Waals surface area contributed by atoms with Crippen LogP contribution in [0.1, 0.15) is 32.3 Å². The van der Waals surface area contributed by atoms with E-state index in [0.717, 1.165) is 12.8 Å². The Morgan fingerprint density at radius 1 is 1.47 bits per heavy atom. The second kappa shape index (κ2) is 6.61. The van der Waals surface area contributed by atoms with Crippen molar-refractivity contribution in [2.45, 2.75) is 26.7 Å². The fraction of sp³-hybridized carbons (Fsp3) is 0.462. The zero-order valence-electron chi connectivity index (χ0n) is 9.96. The van der Waals surface area contributed by atoms with Gasteiger partial charge in [0.2, 0.25) is 0 Å². The molecule has 1 aromatic rings. The Morgan fingerprint density at radius 3 is 2.76 bits per heavy atom. The van der Waals surface area contributed by atoms with Crippen LogP contribution >= 0.6 is 15.9 Å². The molecule has 0 atom stereocenters. The molecule has 0 aliphatic carbocycles. The van der Waals surface area contributed by atoms with Crippen LogP contribution in [0.3, 0.4) is 0 Å². The van der Waals surface area contributed by atoms with Gasteiger partial charge in [-0.2, -0.15) is 5.26 Å². The number of rotatable bonds is 5. The van der Waals surface area contributed by atoms with Crippen LogP contribution in [0.2, 0.25) is 0 Å². The van der Waals surface area contributed by atoms with Gasteiger partial charge in [0.25, 0.3) is 0 Å². The summed E-state index contributed by atoms with van der Waals surface area (Å²) in [5.41, 5.74) is 0.275. The zero-order chi connectivity index (χ0) is 12.8.